The lowest BCUT2D eigenvalue weighted by atomic mass is 10.2. The summed E-state index contributed by atoms with van der Waals surface area (Å²) < 4.78 is 29.2. The molecule has 26 heavy (non-hydrogen) atoms. The molecule has 0 atom stereocenters. The Kier molecular flexibility index (Phi) is 4.55. The van der Waals surface area contributed by atoms with Gasteiger partial charge in [0.15, 0.2) is 0 Å². The van der Waals surface area contributed by atoms with Crippen LogP contribution in [0.4, 0.5) is 8.78 Å². The molecule has 7 heteroatoms. The maximum atomic E-state index is 13.7. The summed E-state index contributed by atoms with van der Waals surface area (Å²) in [6.07, 6.45) is 2.28. The summed E-state index contributed by atoms with van der Waals surface area (Å²) in [7, 11) is 0. The molecule has 2 aromatic heterocycles. The summed E-state index contributed by atoms with van der Waals surface area (Å²) in [5, 5.41) is 11.3. The van der Waals surface area contributed by atoms with Crippen molar-refractivity contribution in [2.45, 2.75) is 25.3 Å². The molecule has 1 aromatic carbocycles. The maximum Gasteiger partial charge on any atom is 0.257 e. The molecule has 134 valence electrons. The normalized spacial score (nSPS) is 13.8. The third-order valence-electron chi connectivity index (χ3n) is 4.42. The molecule has 1 fully saturated rings. The molecule has 1 saturated carbocycles. The van der Waals surface area contributed by atoms with Crippen LogP contribution in [0.3, 0.4) is 0 Å². The monoisotopic (exact) mass is 373 g/mol. The number of nitrogens with one attached hydrogen (secondary N) is 1. The number of carbonyl (C=O) groups is 1. The van der Waals surface area contributed by atoms with E-state index in [9.17, 15) is 13.6 Å². The Hall–Kier alpha value is -2.54. The predicted molar refractivity (Wildman–Crippen MR) is 96.2 cm³/mol. The largest absolute Gasteiger partial charge is 0.350 e. The van der Waals surface area contributed by atoms with Crippen LogP contribution in [-0.4, -0.2) is 22.2 Å². The van der Waals surface area contributed by atoms with E-state index in [1.54, 1.807) is 11.3 Å². The predicted octanol–water partition coefficient (Wildman–Crippen LogP) is 4.20. The molecule has 3 aromatic rings. The molecule has 2 heterocycles. The number of aromatic nitrogens is 2. The first kappa shape index (κ1) is 16.9. The van der Waals surface area contributed by atoms with Gasteiger partial charge in [0, 0.05) is 29.1 Å². The fraction of sp³-hybridized carbons (Fsp3) is 0.263. The minimum Gasteiger partial charge on any atom is -0.350 e. The smallest absolute Gasteiger partial charge is 0.257 e. The summed E-state index contributed by atoms with van der Waals surface area (Å²) in [4.78, 5) is 12.1. The second kappa shape index (κ2) is 6.99. The summed E-state index contributed by atoms with van der Waals surface area (Å²) in [6, 6.07) is 7.50. The molecule has 0 radical (unpaired) electrons. The molecule has 0 spiro atoms. The fourth-order valence-corrected chi connectivity index (χ4v) is 3.60. The summed E-state index contributed by atoms with van der Waals surface area (Å²) in [5.41, 5.74) is 2.60. The Morgan fingerprint density at radius 2 is 2.04 bits per heavy atom. The van der Waals surface area contributed by atoms with Crippen molar-refractivity contribution >= 4 is 17.2 Å². The van der Waals surface area contributed by atoms with E-state index < -0.39 is 23.1 Å². The van der Waals surface area contributed by atoms with Crippen molar-refractivity contribution in [1.82, 2.24) is 15.1 Å². The molecular weight excluding hydrogens is 356 g/mol. The van der Waals surface area contributed by atoms with Gasteiger partial charge in [-0.3, -0.25) is 9.48 Å². The molecule has 0 saturated heterocycles. The number of hydrogen-bond donors (Lipinski definition) is 1. The third kappa shape index (κ3) is 3.39. The lowest BCUT2D eigenvalue weighted by molar-refractivity contribution is 0.0943. The van der Waals surface area contributed by atoms with Gasteiger partial charge in [0.1, 0.15) is 17.2 Å². The van der Waals surface area contributed by atoms with Crippen molar-refractivity contribution in [2.75, 3.05) is 6.54 Å². The van der Waals surface area contributed by atoms with Gasteiger partial charge in [0.05, 0.1) is 12.2 Å². The molecule has 1 aliphatic rings. The summed E-state index contributed by atoms with van der Waals surface area (Å²) in [5.74, 6) is -1.96. The van der Waals surface area contributed by atoms with E-state index in [4.69, 9.17) is 0 Å². The van der Waals surface area contributed by atoms with Gasteiger partial charge >= 0.3 is 0 Å². The van der Waals surface area contributed by atoms with Crippen LogP contribution in [0.15, 0.2) is 41.1 Å². The highest BCUT2D eigenvalue weighted by Gasteiger charge is 2.28. The van der Waals surface area contributed by atoms with Crippen molar-refractivity contribution < 1.29 is 13.6 Å². The van der Waals surface area contributed by atoms with Gasteiger partial charge in [-0.15, -0.1) is 0 Å². The van der Waals surface area contributed by atoms with Gasteiger partial charge in [-0.25, -0.2) is 8.78 Å². The van der Waals surface area contributed by atoms with Gasteiger partial charge in [-0.1, -0.05) is 6.07 Å². The van der Waals surface area contributed by atoms with Gasteiger partial charge in [-0.2, -0.15) is 16.4 Å². The molecule has 0 aliphatic heterocycles. The zero-order chi connectivity index (χ0) is 18.1. The lowest BCUT2D eigenvalue weighted by Crippen LogP contribution is -2.29. The van der Waals surface area contributed by atoms with Crippen LogP contribution in [0, 0.1) is 11.6 Å². The van der Waals surface area contributed by atoms with Crippen molar-refractivity contribution in [3.8, 4) is 11.3 Å². The molecule has 1 amide bonds. The standard InChI is InChI=1S/C19H17F2N3OS/c20-14-2-1-3-15(21)18(14)19(25)22-7-8-24-17(12-4-5-12)10-16(23-24)13-6-9-26-11-13/h1-3,6,9-12H,4-5,7-8H2,(H,22,25). The number of amides is 1. The highest BCUT2D eigenvalue weighted by molar-refractivity contribution is 7.08. The summed E-state index contributed by atoms with van der Waals surface area (Å²) >= 11 is 1.62. The number of thiophene rings is 1. The van der Waals surface area contributed by atoms with Crippen LogP contribution >= 0.6 is 11.3 Å². The number of carbonyl (C=O) groups excluding carboxylic acids is 1. The van der Waals surface area contributed by atoms with Crippen molar-refractivity contribution in [2.24, 2.45) is 0 Å². The van der Waals surface area contributed by atoms with Gasteiger partial charge in [0.2, 0.25) is 0 Å². The van der Waals surface area contributed by atoms with Gasteiger partial charge in [0.25, 0.3) is 5.91 Å². The third-order valence-corrected chi connectivity index (χ3v) is 5.11. The van der Waals surface area contributed by atoms with Crippen molar-refractivity contribution in [1.29, 1.82) is 0 Å². The number of hydrogen-bond acceptors (Lipinski definition) is 3. The van der Waals surface area contributed by atoms with E-state index in [0.29, 0.717) is 12.5 Å². The topological polar surface area (TPSA) is 46.9 Å². The van der Waals surface area contributed by atoms with E-state index in [-0.39, 0.29) is 6.54 Å². The number of rotatable bonds is 6. The summed E-state index contributed by atoms with van der Waals surface area (Å²) in [6.45, 7) is 0.703. The van der Waals surface area contributed by atoms with Gasteiger partial charge in [-0.05, 0) is 42.5 Å². The Balaban J connectivity index is 1.45. The maximum absolute atomic E-state index is 13.7. The molecule has 0 bridgehead atoms. The fourth-order valence-electron chi connectivity index (χ4n) is 2.95. The zero-order valence-electron chi connectivity index (χ0n) is 13.9. The van der Waals surface area contributed by atoms with Crippen LogP contribution in [0.1, 0.15) is 34.8 Å². The first-order valence-electron chi connectivity index (χ1n) is 8.46. The average molecular weight is 373 g/mol. The number of nitrogens with zero attached hydrogens (tertiary/aromatic N) is 2. The molecular formula is C19H17F2N3OS. The second-order valence-electron chi connectivity index (χ2n) is 6.32. The van der Waals surface area contributed by atoms with E-state index >= 15 is 0 Å². The molecule has 0 unspecified atom stereocenters. The number of halogens is 2. The van der Waals surface area contributed by atoms with Crippen LogP contribution in [0.25, 0.3) is 11.3 Å². The first-order valence-corrected chi connectivity index (χ1v) is 9.40. The van der Waals surface area contributed by atoms with E-state index in [1.807, 2.05) is 21.5 Å². The molecule has 4 nitrogen and oxygen atoms in total. The van der Waals surface area contributed by atoms with Crippen LogP contribution in [-0.2, 0) is 6.54 Å². The Bertz CT molecular complexity index is 912. The molecule has 4 rings (SSSR count). The average Bonchev–Trinajstić information content (AvgIpc) is 3.14. The first-order chi connectivity index (χ1) is 12.6. The highest BCUT2D eigenvalue weighted by atomic mass is 32.1. The zero-order valence-corrected chi connectivity index (χ0v) is 14.7. The Labute approximate surface area is 153 Å². The Morgan fingerprint density at radius 3 is 2.69 bits per heavy atom. The quantitative estimate of drug-likeness (QED) is 0.704. The van der Waals surface area contributed by atoms with E-state index in [1.165, 1.54) is 6.07 Å². The SMILES string of the molecule is O=C(NCCn1nc(-c2ccsc2)cc1C1CC1)c1c(F)cccc1F. The van der Waals surface area contributed by atoms with Crippen LogP contribution in [0.5, 0.6) is 0 Å². The molecule has 1 N–H and O–H groups in total. The minimum atomic E-state index is -0.861. The van der Waals surface area contributed by atoms with Crippen molar-refractivity contribution in [3.63, 3.8) is 0 Å². The molecule has 1 aliphatic carbocycles. The number of benzene rings is 1. The Morgan fingerprint density at radius 1 is 1.27 bits per heavy atom. The van der Waals surface area contributed by atoms with Crippen LogP contribution < -0.4 is 5.32 Å². The van der Waals surface area contributed by atoms with Crippen LogP contribution in [0.2, 0.25) is 0 Å². The second-order valence-corrected chi connectivity index (χ2v) is 7.10. The minimum absolute atomic E-state index is 0.247. The van der Waals surface area contributed by atoms with E-state index in [0.717, 1.165) is 41.9 Å². The lowest BCUT2D eigenvalue weighted by Gasteiger charge is -2.09. The van der Waals surface area contributed by atoms with Gasteiger partial charge < -0.3 is 5.32 Å². The van der Waals surface area contributed by atoms with Crippen molar-refractivity contribution in [3.05, 3.63) is 64.0 Å². The highest BCUT2D eigenvalue weighted by Crippen LogP contribution is 2.41. The van der Waals surface area contributed by atoms with E-state index in [2.05, 4.69) is 16.5 Å².